The third-order valence-electron chi connectivity index (χ3n) is 6.01. The molecule has 182 valence electrons. The minimum Gasteiger partial charge on any atom is -0.497 e. The molecule has 1 aromatic heterocycles. The third-order valence-corrected chi connectivity index (χ3v) is 6.86. The molecule has 0 bridgehead atoms. The molecule has 1 atom stereocenters. The van der Waals surface area contributed by atoms with Crippen molar-refractivity contribution in [3.05, 3.63) is 87.0 Å². The van der Waals surface area contributed by atoms with Crippen molar-refractivity contribution in [2.45, 2.75) is 25.4 Å². The minimum absolute atomic E-state index is 0.0981. The lowest BCUT2D eigenvalue weighted by Crippen LogP contribution is -2.31. The summed E-state index contributed by atoms with van der Waals surface area (Å²) >= 11 is 9.62. The number of hydrogen-bond donors (Lipinski definition) is 0. The van der Waals surface area contributed by atoms with Gasteiger partial charge in [-0.2, -0.15) is 0 Å². The van der Waals surface area contributed by atoms with E-state index in [1.165, 1.54) is 0 Å². The normalized spacial score (nSPS) is 15.9. The van der Waals surface area contributed by atoms with E-state index in [0.717, 1.165) is 26.9 Å². The minimum atomic E-state index is -0.114. The van der Waals surface area contributed by atoms with Crippen molar-refractivity contribution in [1.29, 1.82) is 0 Å². The van der Waals surface area contributed by atoms with Gasteiger partial charge < -0.3 is 19.1 Å². The summed E-state index contributed by atoms with van der Waals surface area (Å²) in [7, 11) is 4.82. The molecule has 0 unspecified atom stereocenters. The van der Waals surface area contributed by atoms with Crippen molar-refractivity contribution in [2.75, 3.05) is 21.3 Å². The van der Waals surface area contributed by atoms with Gasteiger partial charge in [-0.05, 0) is 64.3 Å². The zero-order chi connectivity index (χ0) is 24.9. The Balaban J connectivity index is 1.74. The van der Waals surface area contributed by atoms with E-state index in [1.807, 2.05) is 59.5 Å². The van der Waals surface area contributed by atoms with Gasteiger partial charge in [-0.3, -0.25) is 4.79 Å². The van der Waals surface area contributed by atoms with E-state index in [4.69, 9.17) is 30.8 Å². The lowest BCUT2D eigenvalue weighted by Gasteiger charge is -2.25. The van der Waals surface area contributed by atoms with Gasteiger partial charge in [-0.15, -0.1) is 0 Å². The van der Waals surface area contributed by atoms with Crippen LogP contribution < -0.4 is 14.2 Å². The Bertz CT molecular complexity index is 1250. The molecule has 2 heterocycles. The molecule has 1 amide bonds. The number of carbonyl (C=O) groups excluding carboxylic acids is 1. The molecule has 0 saturated carbocycles. The number of likely N-dealkylation sites (tertiary alicyclic amines) is 1. The SMILES string of the molecule is COc1ccc(CN2C(=O)CC[C@@H]2C=C(c2ccc(Cl)cc2)c2ccc(Br)c(OC)n2)c(OC)c1. The van der Waals surface area contributed by atoms with Crippen LogP contribution in [0.1, 0.15) is 29.7 Å². The fourth-order valence-electron chi connectivity index (χ4n) is 4.17. The number of ether oxygens (including phenoxy) is 3. The van der Waals surface area contributed by atoms with E-state index >= 15 is 0 Å². The lowest BCUT2D eigenvalue weighted by atomic mass is 9.98. The molecule has 1 saturated heterocycles. The van der Waals surface area contributed by atoms with Crippen LogP contribution >= 0.6 is 27.5 Å². The number of rotatable bonds is 8. The first-order valence-corrected chi connectivity index (χ1v) is 12.3. The highest BCUT2D eigenvalue weighted by Gasteiger charge is 2.31. The predicted molar refractivity (Wildman–Crippen MR) is 140 cm³/mol. The molecule has 1 aliphatic heterocycles. The van der Waals surface area contributed by atoms with Gasteiger partial charge in [0.25, 0.3) is 0 Å². The Morgan fingerprint density at radius 2 is 1.86 bits per heavy atom. The van der Waals surface area contributed by atoms with Gasteiger partial charge in [0, 0.05) is 35.2 Å². The summed E-state index contributed by atoms with van der Waals surface area (Å²) in [5.41, 5.74) is 3.51. The number of nitrogens with zero attached hydrogens (tertiary/aromatic N) is 2. The lowest BCUT2D eigenvalue weighted by molar-refractivity contribution is -0.129. The van der Waals surface area contributed by atoms with Gasteiger partial charge in [0.05, 0.1) is 37.5 Å². The van der Waals surface area contributed by atoms with Crippen LogP contribution in [0.15, 0.2) is 65.1 Å². The van der Waals surface area contributed by atoms with E-state index in [-0.39, 0.29) is 11.9 Å². The Morgan fingerprint density at radius 1 is 1.09 bits per heavy atom. The zero-order valence-corrected chi connectivity index (χ0v) is 22.1. The maximum absolute atomic E-state index is 12.9. The highest BCUT2D eigenvalue weighted by molar-refractivity contribution is 9.10. The molecule has 0 spiro atoms. The van der Waals surface area contributed by atoms with Crippen molar-refractivity contribution >= 4 is 39.0 Å². The Hall–Kier alpha value is -3.03. The fraction of sp³-hybridized carbons (Fsp3) is 0.259. The molecule has 1 aliphatic rings. The number of halogens is 2. The summed E-state index contributed by atoms with van der Waals surface area (Å²) in [6, 6.07) is 17.0. The van der Waals surface area contributed by atoms with Crippen LogP contribution in [0.4, 0.5) is 0 Å². The number of benzene rings is 2. The van der Waals surface area contributed by atoms with Crippen molar-refractivity contribution in [1.82, 2.24) is 9.88 Å². The van der Waals surface area contributed by atoms with Crippen LogP contribution in [0.25, 0.3) is 5.57 Å². The maximum atomic E-state index is 12.9. The standard InChI is InChI=1S/C27H26BrClN2O4/c1-33-21-10-6-18(25(15-21)34-2)16-31-20(9-13-26(31)32)14-22(17-4-7-19(29)8-5-17)24-12-11-23(28)27(30-24)35-3/h4-8,10-12,14-15,20H,9,13,16H2,1-3H3/t20-/m1/s1. The second-order valence-corrected chi connectivity index (χ2v) is 9.37. The molecular weight excluding hydrogens is 532 g/mol. The molecule has 0 radical (unpaired) electrons. The van der Waals surface area contributed by atoms with Crippen LogP contribution in [0.3, 0.4) is 0 Å². The smallest absolute Gasteiger partial charge is 0.228 e. The number of pyridine rings is 1. The second-order valence-electron chi connectivity index (χ2n) is 8.08. The first-order chi connectivity index (χ1) is 16.9. The fourth-order valence-corrected chi connectivity index (χ4v) is 4.68. The van der Waals surface area contributed by atoms with Gasteiger partial charge >= 0.3 is 0 Å². The number of aromatic nitrogens is 1. The summed E-state index contributed by atoms with van der Waals surface area (Å²) in [5.74, 6) is 1.98. The zero-order valence-electron chi connectivity index (χ0n) is 19.8. The Kier molecular flexibility index (Phi) is 7.98. The van der Waals surface area contributed by atoms with Gasteiger partial charge in [0.15, 0.2) is 0 Å². The van der Waals surface area contributed by atoms with Crippen molar-refractivity contribution in [2.24, 2.45) is 0 Å². The van der Waals surface area contributed by atoms with Crippen LogP contribution in [0.5, 0.6) is 17.4 Å². The predicted octanol–water partition coefficient (Wildman–Crippen LogP) is 6.15. The molecule has 0 aliphatic carbocycles. The summed E-state index contributed by atoms with van der Waals surface area (Å²) in [6.45, 7) is 0.429. The Morgan fingerprint density at radius 3 is 2.54 bits per heavy atom. The summed E-state index contributed by atoms with van der Waals surface area (Å²) in [6.07, 6.45) is 3.30. The van der Waals surface area contributed by atoms with Crippen LogP contribution in [0, 0.1) is 0 Å². The molecule has 6 nitrogen and oxygen atoms in total. The summed E-state index contributed by atoms with van der Waals surface area (Å²) in [5, 5.41) is 0.652. The largest absolute Gasteiger partial charge is 0.497 e. The highest BCUT2D eigenvalue weighted by Crippen LogP contribution is 2.33. The molecule has 2 aromatic carbocycles. The number of amides is 1. The summed E-state index contributed by atoms with van der Waals surface area (Å²) < 4.78 is 17.1. The van der Waals surface area contributed by atoms with Crippen molar-refractivity contribution in [3.8, 4) is 17.4 Å². The van der Waals surface area contributed by atoms with Crippen molar-refractivity contribution < 1.29 is 19.0 Å². The van der Waals surface area contributed by atoms with E-state index in [1.54, 1.807) is 21.3 Å². The van der Waals surface area contributed by atoms with Gasteiger partial charge in [0.2, 0.25) is 11.8 Å². The third kappa shape index (κ3) is 5.63. The molecule has 3 aromatic rings. The molecule has 8 heteroatoms. The van der Waals surface area contributed by atoms with E-state index in [9.17, 15) is 4.79 Å². The quantitative estimate of drug-likeness (QED) is 0.333. The topological polar surface area (TPSA) is 60.9 Å². The molecule has 35 heavy (non-hydrogen) atoms. The first-order valence-electron chi connectivity index (χ1n) is 11.1. The average molecular weight is 558 g/mol. The molecule has 0 N–H and O–H groups in total. The first kappa shape index (κ1) is 25.1. The molecular formula is C27H26BrClN2O4. The van der Waals surface area contributed by atoms with Crippen LogP contribution in [0.2, 0.25) is 5.02 Å². The summed E-state index contributed by atoms with van der Waals surface area (Å²) in [4.78, 5) is 19.5. The average Bonchev–Trinajstić information content (AvgIpc) is 3.22. The van der Waals surface area contributed by atoms with E-state index in [2.05, 4.69) is 22.0 Å². The van der Waals surface area contributed by atoms with Crippen LogP contribution in [-0.4, -0.2) is 43.2 Å². The van der Waals surface area contributed by atoms with Gasteiger partial charge in [0.1, 0.15) is 11.5 Å². The van der Waals surface area contributed by atoms with Gasteiger partial charge in [-0.25, -0.2) is 4.98 Å². The number of methoxy groups -OCH3 is 3. The molecule has 1 fully saturated rings. The van der Waals surface area contributed by atoms with Crippen LogP contribution in [-0.2, 0) is 11.3 Å². The van der Waals surface area contributed by atoms with E-state index in [0.29, 0.717) is 41.8 Å². The Labute approximate surface area is 218 Å². The molecule has 4 rings (SSSR count). The number of carbonyl (C=O) groups is 1. The number of hydrogen-bond acceptors (Lipinski definition) is 5. The maximum Gasteiger partial charge on any atom is 0.228 e. The van der Waals surface area contributed by atoms with Crippen molar-refractivity contribution in [3.63, 3.8) is 0 Å². The second kappa shape index (κ2) is 11.1. The highest BCUT2D eigenvalue weighted by atomic mass is 79.9. The monoisotopic (exact) mass is 556 g/mol. The van der Waals surface area contributed by atoms with Gasteiger partial charge in [-0.1, -0.05) is 29.8 Å². The van der Waals surface area contributed by atoms with E-state index < -0.39 is 0 Å².